The topological polar surface area (TPSA) is 38.9 Å². The van der Waals surface area contributed by atoms with Crippen molar-refractivity contribution in [3.63, 3.8) is 0 Å². The fourth-order valence-electron chi connectivity index (χ4n) is 1.65. The zero-order chi connectivity index (χ0) is 13.0. The van der Waals surface area contributed by atoms with E-state index in [1.54, 1.807) is 18.0 Å². The number of hydrogen-bond donors (Lipinski definition) is 1. The highest BCUT2D eigenvalue weighted by Crippen LogP contribution is 2.24. The third kappa shape index (κ3) is 3.48. The van der Waals surface area contributed by atoms with Crippen LogP contribution >= 0.6 is 23.4 Å². The van der Waals surface area contributed by atoms with Crippen LogP contribution in [0.4, 0.5) is 0 Å². The molecule has 0 aliphatic heterocycles. The zero-order valence-electron chi connectivity index (χ0n) is 10.2. The van der Waals surface area contributed by atoms with Crippen molar-refractivity contribution in [2.24, 2.45) is 5.73 Å². The Morgan fingerprint density at radius 1 is 1.28 bits per heavy atom. The lowest BCUT2D eigenvalue weighted by atomic mass is 10.1. The highest BCUT2D eigenvalue weighted by Gasteiger charge is 2.02. The van der Waals surface area contributed by atoms with Gasteiger partial charge in [-0.05, 0) is 35.7 Å². The molecular formula is C14H15ClN2S. The Morgan fingerprint density at radius 2 is 2.11 bits per heavy atom. The van der Waals surface area contributed by atoms with Crippen molar-refractivity contribution in [2.45, 2.75) is 24.2 Å². The molecule has 0 aliphatic rings. The molecule has 0 atom stereocenters. The van der Waals surface area contributed by atoms with Crippen LogP contribution in [0.1, 0.15) is 16.7 Å². The lowest BCUT2D eigenvalue weighted by Gasteiger charge is -2.07. The van der Waals surface area contributed by atoms with Crippen LogP contribution in [0.5, 0.6) is 0 Å². The Hall–Kier alpha value is -1.03. The molecule has 0 saturated carbocycles. The molecule has 1 aromatic heterocycles. The van der Waals surface area contributed by atoms with Gasteiger partial charge in [0, 0.05) is 18.5 Å². The smallest absolute Gasteiger partial charge is 0.0964 e. The molecule has 4 heteroatoms. The molecule has 0 aliphatic carbocycles. The number of nitrogens with zero attached hydrogens (tertiary/aromatic N) is 1. The highest BCUT2D eigenvalue weighted by atomic mass is 35.5. The number of halogens is 1. The quantitative estimate of drug-likeness (QED) is 0.865. The van der Waals surface area contributed by atoms with Crippen LogP contribution in [0.2, 0.25) is 5.02 Å². The molecule has 0 radical (unpaired) electrons. The largest absolute Gasteiger partial charge is 0.326 e. The Balaban J connectivity index is 2.04. The first-order chi connectivity index (χ1) is 8.69. The standard InChI is InChI=1S/C14H15ClN2S/c1-10-6-11(7-16)2-3-12(10)9-18-14-5-4-13(15)8-17-14/h2-6,8H,7,9,16H2,1H3. The molecule has 2 N–H and O–H groups in total. The van der Waals surface area contributed by atoms with E-state index in [1.165, 1.54) is 16.7 Å². The van der Waals surface area contributed by atoms with E-state index in [9.17, 15) is 0 Å². The van der Waals surface area contributed by atoms with Crippen molar-refractivity contribution in [1.82, 2.24) is 4.98 Å². The van der Waals surface area contributed by atoms with Gasteiger partial charge in [-0.2, -0.15) is 0 Å². The number of aromatic nitrogens is 1. The first-order valence-corrected chi connectivity index (χ1v) is 7.08. The predicted octanol–water partition coefficient (Wildman–Crippen LogP) is 3.79. The number of hydrogen-bond acceptors (Lipinski definition) is 3. The molecule has 0 saturated heterocycles. The van der Waals surface area contributed by atoms with Crippen molar-refractivity contribution in [3.8, 4) is 0 Å². The van der Waals surface area contributed by atoms with E-state index < -0.39 is 0 Å². The van der Waals surface area contributed by atoms with Gasteiger partial charge >= 0.3 is 0 Å². The average molecular weight is 279 g/mol. The van der Waals surface area contributed by atoms with Gasteiger partial charge in [0.15, 0.2) is 0 Å². The van der Waals surface area contributed by atoms with E-state index in [-0.39, 0.29) is 0 Å². The fraction of sp³-hybridized carbons (Fsp3) is 0.214. The van der Waals surface area contributed by atoms with Gasteiger partial charge in [-0.15, -0.1) is 11.8 Å². The third-order valence-electron chi connectivity index (χ3n) is 2.72. The van der Waals surface area contributed by atoms with Crippen LogP contribution in [0.3, 0.4) is 0 Å². The number of nitrogens with two attached hydrogens (primary N) is 1. The monoisotopic (exact) mass is 278 g/mol. The molecule has 0 spiro atoms. The minimum absolute atomic E-state index is 0.590. The number of pyridine rings is 1. The van der Waals surface area contributed by atoms with Crippen LogP contribution in [0, 0.1) is 6.92 Å². The van der Waals surface area contributed by atoms with Gasteiger partial charge < -0.3 is 5.73 Å². The zero-order valence-corrected chi connectivity index (χ0v) is 11.8. The maximum absolute atomic E-state index is 5.80. The minimum Gasteiger partial charge on any atom is -0.326 e. The molecule has 2 aromatic rings. The van der Waals surface area contributed by atoms with Crippen molar-refractivity contribution in [2.75, 3.05) is 0 Å². The van der Waals surface area contributed by atoms with Gasteiger partial charge in [0.05, 0.1) is 10.0 Å². The molecule has 0 unspecified atom stereocenters. The molecule has 0 fully saturated rings. The lowest BCUT2D eigenvalue weighted by Crippen LogP contribution is -1.97. The Morgan fingerprint density at radius 3 is 2.72 bits per heavy atom. The van der Waals surface area contributed by atoms with Crippen molar-refractivity contribution < 1.29 is 0 Å². The van der Waals surface area contributed by atoms with Gasteiger partial charge in [-0.3, -0.25) is 0 Å². The fourth-order valence-corrected chi connectivity index (χ4v) is 2.68. The van der Waals surface area contributed by atoms with Gasteiger partial charge in [0.1, 0.15) is 0 Å². The summed E-state index contributed by atoms with van der Waals surface area (Å²) < 4.78 is 0. The summed E-state index contributed by atoms with van der Waals surface area (Å²) in [7, 11) is 0. The second kappa shape index (κ2) is 6.23. The number of rotatable bonds is 4. The summed E-state index contributed by atoms with van der Waals surface area (Å²) in [4.78, 5) is 4.27. The normalized spacial score (nSPS) is 10.6. The number of thioether (sulfide) groups is 1. The maximum atomic E-state index is 5.80. The van der Waals surface area contributed by atoms with Crippen LogP contribution in [-0.4, -0.2) is 4.98 Å². The SMILES string of the molecule is Cc1cc(CN)ccc1CSc1ccc(Cl)cn1. The van der Waals surface area contributed by atoms with E-state index in [1.807, 2.05) is 12.1 Å². The second-order valence-corrected chi connectivity index (χ2v) is 5.50. The van der Waals surface area contributed by atoms with Crippen LogP contribution in [-0.2, 0) is 12.3 Å². The minimum atomic E-state index is 0.590. The first-order valence-electron chi connectivity index (χ1n) is 5.72. The third-order valence-corrected chi connectivity index (χ3v) is 3.93. The molecule has 0 amide bonds. The van der Waals surface area contributed by atoms with Crippen molar-refractivity contribution in [1.29, 1.82) is 0 Å². The van der Waals surface area contributed by atoms with E-state index >= 15 is 0 Å². The summed E-state index contributed by atoms with van der Waals surface area (Å²) in [5, 5.41) is 1.66. The second-order valence-electron chi connectivity index (χ2n) is 4.07. The summed E-state index contributed by atoms with van der Waals surface area (Å²) in [6.07, 6.45) is 1.67. The number of aryl methyl sites for hydroxylation is 1. The van der Waals surface area contributed by atoms with Gasteiger partial charge in [0.2, 0.25) is 0 Å². The molecule has 0 bridgehead atoms. The van der Waals surface area contributed by atoms with Gasteiger partial charge in [-0.25, -0.2) is 4.98 Å². The predicted molar refractivity (Wildman–Crippen MR) is 77.9 cm³/mol. The van der Waals surface area contributed by atoms with Crippen LogP contribution in [0.15, 0.2) is 41.6 Å². The Kier molecular flexibility index (Phi) is 4.64. The maximum Gasteiger partial charge on any atom is 0.0964 e. The molecule has 2 rings (SSSR count). The van der Waals surface area contributed by atoms with E-state index in [0.29, 0.717) is 11.6 Å². The summed E-state index contributed by atoms with van der Waals surface area (Å²) >= 11 is 7.51. The van der Waals surface area contributed by atoms with Crippen molar-refractivity contribution in [3.05, 3.63) is 58.2 Å². The molecule has 94 valence electrons. The lowest BCUT2D eigenvalue weighted by molar-refractivity contribution is 1.06. The molecule has 1 aromatic carbocycles. The number of benzene rings is 1. The van der Waals surface area contributed by atoms with Gasteiger partial charge in [0.25, 0.3) is 0 Å². The average Bonchev–Trinajstić information content (AvgIpc) is 2.39. The molecule has 1 heterocycles. The van der Waals surface area contributed by atoms with E-state index in [2.05, 4.69) is 30.1 Å². The molecule has 18 heavy (non-hydrogen) atoms. The summed E-state index contributed by atoms with van der Waals surface area (Å²) in [5.41, 5.74) is 9.38. The van der Waals surface area contributed by atoms with E-state index in [4.69, 9.17) is 17.3 Å². The summed E-state index contributed by atoms with van der Waals surface area (Å²) in [5.74, 6) is 0.908. The van der Waals surface area contributed by atoms with Gasteiger partial charge in [-0.1, -0.05) is 29.8 Å². The van der Waals surface area contributed by atoms with Crippen molar-refractivity contribution >= 4 is 23.4 Å². The highest BCUT2D eigenvalue weighted by molar-refractivity contribution is 7.98. The Labute approximate surface area is 117 Å². The first kappa shape index (κ1) is 13.4. The summed E-state index contributed by atoms with van der Waals surface area (Å²) in [6.45, 7) is 2.71. The molecular weight excluding hydrogens is 264 g/mol. The van der Waals surface area contributed by atoms with Crippen LogP contribution < -0.4 is 5.73 Å². The molecule has 2 nitrogen and oxygen atoms in total. The summed E-state index contributed by atoms with van der Waals surface area (Å²) in [6, 6.07) is 10.2. The van der Waals surface area contributed by atoms with E-state index in [0.717, 1.165) is 10.8 Å². The van der Waals surface area contributed by atoms with Crippen LogP contribution in [0.25, 0.3) is 0 Å². The Bertz CT molecular complexity index is 526.